The van der Waals surface area contributed by atoms with E-state index in [0.717, 1.165) is 5.56 Å². The van der Waals surface area contributed by atoms with E-state index in [2.05, 4.69) is 0 Å². The zero-order valence-electron chi connectivity index (χ0n) is 9.32. The Balaban J connectivity index is 3.05. The average Bonchev–Trinajstić information content (AvgIpc) is 2.28. The molecule has 1 rings (SSSR count). The summed E-state index contributed by atoms with van der Waals surface area (Å²) < 4.78 is 15.5. The molecule has 2 N–H and O–H groups in total. The first-order chi connectivity index (χ1) is 7.24. The first-order valence-electron chi connectivity index (χ1n) is 4.70. The third kappa shape index (κ3) is 2.61. The third-order valence-electron chi connectivity index (χ3n) is 2.18. The second-order valence-electron chi connectivity index (χ2n) is 3.14. The Morgan fingerprint density at radius 3 is 2.47 bits per heavy atom. The maximum Gasteiger partial charge on any atom is 0.165 e. The SMILES string of the molecule is COC[C@@H](N)c1cccc(OC)c1OC. The highest BCUT2D eigenvalue weighted by Gasteiger charge is 2.15. The molecule has 4 heteroatoms. The normalized spacial score (nSPS) is 12.3. The van der Waals surface area contributed by atoms with Crippen LogP contribution in [-0.4, -0.2) is 27.9 Å². The van der Waals surface area contributed by atoms with Crippen molar-refractivity contribution < 1.29 is 14.2 Å². The van der Waals surface area contributed by atoms with Crippen LogP contribution >= 0.6 is 0 Å². The minimum Gasteiger partial charge on any atom is -0.493 e. The molecular formula is C11H17NO3. The number of hydrogen-bond acceptors (Lipinski definition) is 4. The highest BCUT2D eigenvalue weighted by Crippen LogP contribution is 2.33. The molecule has 0 saturated heterocycles. The van der Waals surface area contributed by atoms with Crippen LogP contribution in [0, 0.1) is 0 Å². The maximum atomic E-state index is 5.94. The molecule has 0 aliphatic heterocycles. The van der Waals surface area contributed by atoms with E-state index in [9.17, 15) is 0 Å². The van der Waals surface area contributed by atoms with Gasteiger partial charge in [0.1, 0.15) is 0 Å². The van der Waals surface area contributed by atoms with Gasteiger partial charge in [-0.15, -0.1) is 0 Å². The maximum absolute atomic E-state index is 5.94. The van der Waals surface area contributed by atoms with Gasteiger partial charge in [-0.25, -0.2) is 0 Å². The van der Waals surface area contributed by atoms with Gasteiger partial charge in [-0.2, -0.15) is 0 Å². The van der Waals surface area contributed by atoms with Crippen molar-refractivity contribution in [2.45, 2.75) is 6.04 Å². The van der Waals surface area contributed by atoms with E-state index < -0.39 is 0 Å². The zero-order valence-corrected chi connectivity index (χ0v) is 9.32. The van der Waals surface area contributed by atoms with E-state index in [1.807, 2.05) is 18.2 Å². The second-order valence-corrected chi connectivity index (χ2v) is 3.14. The van der Waals surface area contributed by atoms with Gasteiger partial charge in [-0.1, -0.05) is 12.1 Å². The van der Waals surface area contributed by atoms with Crippen molar-refractivity contribution in [2.75, 3.05) is 27.9 Å². The summed E-state index contributed by atoms with van der Waals surface area (Å²) in [6, 6.07) is 5.42. The fourth-order valence-corrected chi connectivity index (χ4v) is 1.47. The lowest BCUT2D eigenvalue weighted by Crippen LogP contribution is -2.17. The molecule has 0 spiro atoms. The number of nitrogens with two attached hydrogens (primary N) is 1. The summed E-state index contributed by atoms with van der Waals surface area (Å²) in [7, 11) is 4.82. The molecule has 0 unspecified atom stereocenters. The van der Waals surface area contributed by atoms with E-state index in [4.69, 9.17) is 19.9 Å². The molecule has 0 fully saturated rings. The summed E-state index contributed by atoms with van der Waals surface area (Å²) in [6.07, 6.45) is 0. The Kier molecular flexibility index (Phi) is 4.39. The minimum atomic E-state index is -0.208. The van der Waals surface area contributed by atoms with Crippen LogP contribution in [0.25, 0.3) is 0 Å². The van der Waals surface area contributed by atoms with Crippen molar-refractivity contribution >= 4 is 0 Å². The van der Waals surface area contributed by atoms with Crippen LogP contribution in [0.1, 0.15) is 11.6 Å². The fourth-order valence-electron chi connectivity index (χ4n) is 1.47. The molecule has 1 aromatic carbocycles. The topological polar surface area (TPSA) is 53.7 Å². The quantitative estimate of drug-likeness (QED) is 0.798. The van der Waals surface area contributed by atoms with Crippen LogP contribution in [0.2, 0.25) is 0 Å². The molecule has 84 valence electrons. The Bertz CT molecular complexity index is 315. The lowest BCUT2D eigenvalue weighted by molar-refractivity contribution is 0.179. The Hall–Kier alpha value is -1.26. The molecule has 0 aliphatic rings. The second kappa shape index (κ2) is 5.58. The van der Waals surface area contributed by atoms with E-state index in [0.29, 0.717) is 18.1 Å². The van der Waals surface area contributed by atoms with Crippen LogP contribution in [0.3, 0.4) is 0 Å². The molecule has 0 radical (unpaired) electrons. The Labute approximate surface area is 89.9 Å². The standard InChI is InChI=1S/C11H17NO3/c1-13-7-9(12)8-5-4-6-10(14-2)11(8)15-3/h4-6,9H,7,12H2,1-3H3/t9-/m1/s1. The summed E-state index contributed by atoms with van der Waals surface area (Å²) in [5, 5.41) is 0. The van der Waals surface area contributed by atoms with Crippen molar-refractivity contribution in [2.24, 2.45) is 5.73 Å². The van der Waals surface area contributed by atoms with E-state index in [1.54, 1.807) is 21.3 Å². The van der Waals surface area contributed by atoms with E-state index in [-0.39, 0.29) is 6.04 Å². The summed E-state index contributed by atoms with van der Waals surface area (Å²) in [5.41, 5.74) is 6.83. The van der Waals surface area contributed by atoms with Gasteiger partial charge in [0.15, 0.2) is 11.5 Å². The predicted molar refractivity (Wildman–Crippen MR) is 58.4 cm³/mol. The van der Waals surface area contributed by atoms with Gasteiger partial charge < -0.3 is 19.9 Å². The van der Waals surface area contributed by atoms with E-state index >= 15 is 0 Å². The van der Waals surface area contributed by atoms with Gasteiger partial charge in [-0.3, -0.25) is 0 Å². The Morgan fingerprint density at radius 1 is 1.20 bits per heavy atom. The van der Waals surface area contributed by atoms with Gasteiger partial charge in [0.05, 0.1) is 26.9 Å². The first kappa shape index (κ1) is 11.8. The summed E-state index contributed by atoms with van der Waals surface area (Å²) >= 11 is 0. The minimum absolute atomic E-state index is 0.208. The van der Waals surface area contributed by atoms with Gasteiger partial charge >= 0.3 is 0 Å². The molecule has 0 amide bonds. The average molecular weight is 211 g/mol. The molecule has 0 aliphatic carbocycles. The molecule has 0 bridgehead atoms. The van der Waals surface area contributed by atoms with Crippen molar-refractivity contribution in [1.82, 2.24) is 0 Å². The monoisotopic (exact) mass is 211 g/mol. The molecule has 1 atom stereocenters. The number of rotatable bonds is 5. The number of ether oxygens (including phenoxy) is 3. The molecular weight excluding hydrogens is 194 g/mol. The van der Waals surface area contributed by atoms with Crippen LogP contribution in [0.5, 0.6) is 11.5 Å². The van der Waals surface area contributed by atoms with Gasteiger partial charge in [-0.05, 0) is 6.07 Å². The van der Waals surface area contributed by atoms with Crippen molar-refractivity contribution in [3.63, 3.8) is 0 Å². The number of hydrogen-bond donors (Lipinski definition) is 1. The smallest absolute Gasteiger partial charge is 0.165 e. The molecule has 1 aromatic rings. The van der Waals surface area contributed by atoms with Crippen molar-refractivity contribution in [1.29, 1.82) is 0 Å². The summed E-state index contributed by atoms with van der Waals surface area (Å²) in [5.74, 6) is 1.35. The van der Waals surface area contributed by atoms with Crippen LogP contribution in [0.4, 0.5) is 0 Å². The fraction of sp³-hybridized carbons (Fsp3) is 0.455. The zero-order chi connectivity index (χ0) is 11.3. The number of para-hydroxylation sites is 1. The highest BCUT2D eigenvalue weighted by atomic mass is 16.5. The van der Waals surface area contributed by atoms with Crippen LogP contribution in [-0.2, 0) is 4.74 Å². The lowest BCUT2D eigenvalue weighted by Gasteiger charge is -2.16. The highest BCUT2D eigenvalue weighted by molar-refractivity contribution is 5.48. The number of methoxy groups -OCH3 is 3. The van der Waals surface area contributed by atoms with Crippen LogP contribution in [0.15, 0.2) is 18.2 Å². The molecule has 15 heavy (non-hydrogen) atoms. The third-order valence-corrected chi connectivity index (χ3v) is 2.18. The van der Waals surface area contributed by atoms with E-state index in [1.165, 1.54) is 0 Å². The molecule has 0 aromatic heterocycles. The van der Waals surface area contributed by atoms with Crippen molar-refractivity contribution in [3.05, 3.63) is 23.8 Å². The summed E-state index contributed by atoms with van der Waals surface area (Å²) in [4.78, 5) is 0. The van der Waals surface area contributed by atoms with Gasteiger partial charge in [0, 0.05) is 12.7 Å². The summed E-state index contributed by atoms with van der Waals surface area (Å²) in [6.45, 7) is 0.448. The first-order valence-corrected chi connectivity index (χ1v) is 4.70. The van der Waals surface area contributed by atoms with Crippen LogP contribution < -0.4 is 15.2 Å². The molecule has 4 nitrogen and oxygen atoms in total. The van der Waals surface area contributed by atoms with Gasteiger partial charge in [0.25, 0.3) is 0 Å². The van der Waals surface area contributed by atoms with Gasteiger partial charge in [0.2, 0.25) is 0 Å². The Morgan fingerprint density at radius 2 is 1.93 bits per heavy atom. The molecule has 0 heterocycles. The predicted octanol–water partition coefficient (Wildman–Crippen LogP) is 1.35. The largest absolute Gasteiger partial charge is 0.493 e. The number of benzene rings is 1. The lowest BCUT2D eigenvalue weighted by atomic mass is 10.1. The van der Waals surface area contributed by atoms with Crippen molar-refractivity contribution in [3.8, 4) is 11.5 Å². The molecule has 0 saturated carbocycles.